The van der Waals surface area contributed by atoms with E-state index in [4.69, 9.17) is 11.6 Å². The first-order chi connectivity index (χ1) is 7.32. The molecule has 1 aromatic heterocycles. The Kier molecular flexibility index (Phi) is 4.50. The standard InChI is InChI=1S/C10H11ClF3NS/c1-3-6(2)16-9-5-7(10(12,13)14)4-8(11)15-9/h4-6H,3H2,1-2H3. The van der Waals surface area contributed by atoms with Gasteiger partial charge in [-0.05, 0) is 18.6 Å². The van der Waals surface area contributed by atoms with Gasteiger partial charge in [-0.3, -0.25) is 0 Å². The number of rotatable bonds is 3. The Hall–Kier alpha value is -0.420. The zero-order valence-electron chi connectivity index (χ0n) is 8.81. The third-order valence-corrected chi connectivity index (χ3v) is 3.37. The van der Waals surface area contributed by atoms with Crippen molar-refractivity contribution in [1.82, 2.24) is 4.98 Å². The van der Waals surface area contributed by atoms with E-state index in [1.165, 1.54) is 11.8 Å². The van der Waals surface area contributed by atoms with Crippen LogP contribution in [-0.2, 0) is 6.18 Å². The second kappa shape index (κ2) is 5.27. The van der Waals surface area contributed by atoms with E-state index < -0.39 is 11.7 Å². The fourth-order valence-corrected chi connectivity index (χ4v) is 2.17. The number of aromatic nitrogens is 1. The van der Waals surface area contributed by atoms with E-state index in [1.807, 2.05) is 13.8 Å². The fourth-order valence-electron chi connectivity index (χ4n) is 0.986. The van der Waals surface area contributed by atoms with E-state index >= 15 is 0 Å². The van der Waals surface area contributed by atoms with Crippen LogP contribution in [0.2, 0.25) is 5.15 Å². The van der Waals surface area contributed by atoms with Gasteiger partial charge in [-0.2, -0.15) is 13.2 Å². The minimum Gasteiger partial charge on any atom is -0.230 e. The summed E-state index contributed by atoms with van der Waals surface area (Å²) in [6.07, 6.45) is -3.52. The van der Waals surface area contributed by atoms with Gasteiger partial charge in [0, 0.05) is 5.25 Å². The van der Waals surface area contributed by atoms with E-state index in [0.29, 0.717) is 5.03 Å². The van der Waals surface area contributed by atoms with E-state index in [0.717, 1.165) is 18.6 Å². The highest BCUT2D eigenvalue weighted by Gasteiger charge is 2.31. The molecule has 1 unspecified atom stereocenters. The van der Waals surface area contributed by atoms with Crippen LogP contribution in [-0.4, -0.2) is 10.2 Å². The highest BCUT2D eigenvalue weighted by Crippen LogP contribution is 2.34. The number of halogens is 4. The number of thioether (sulfide) groups is 1. The Balaban J connectivity index is 2.99. The van der Waals surface area contributed by atoms with E-state index in [-0.39, 0.29) is 10.4 Å². The van der Waals surface area contributed by atoms with Crippen LogP contribution in [0.5, 0.6) is 0 Å². The van der Waals surface area contributed by atoms with E-state index in [9.17, 15) is 13.2 Å². The molecule has 0 saturated heterocycles. The zero-order valence-corrected chi connectivity index (χ0v) is 10.4. The van der Waals surface area contributed by atoms with Crippen molar-refractivity contribution in [2.75, 3.05) is 0 Å². The molecule has 0 fully saturated rings. The van der Waals surface area contributed by atoms with Gasteiger partial charge in [0.15, 0.2) is 0 Å². The highest BCUT2D eigenvalue weighted by atomic mass is 35.5. The van der Waals surface area contributed by atoms with Crippen molar-refractivity contribution in [3.63, 3.8) is 0 Å². The Morgan fingerprint density at radius 2 is 2.06 bits per heavy atom. The number of hydrogen-bond donors (Lipinski definition) is 0. The summed E-state index contributed by atoms with van der Waals surface area (Å²) < 4.78 is 37.4. The van der Waals surface area contributed by atoms with Gasteiger partial charge in [0.05, 0.1) is 10.6 Å². The molecule has 0 aliphatic carbocycles. The summed E-state index contributed by atoms with van der Waals surface area (Å²) >= 11 is 6.85. The van der Waals surface area contributed by atoms with E-state index in [1.54, 1.807) is 0 Å². The predicted molar refractivity (Wildman–Crippen MR) is 59.9 cm³/mol. The molecular weight excluding hydrogens is 259 g/mol. The molecule has 0 aliphatic rings. The van der Waals surface area contributed by atoms with Crippen LogP contribution in [0, 0.1) is 0 Å². The largest absolute Gasteiger partial charge is 0.416 e. The summed E-state index contributed by atoms with van der Waals surface area (Å²) in [6.45, 7) is 3.90. The minimum absolute atomic E-state index is 0.124. The normalized spacial score (nSPS) is 13.9. The topological polar surface area (TPSA) is 12.9 Å². The van der Waals surface area contributed by atoms with Crippen molar-refractivity contribution in [2.24, 2.45) is 0 Å². The third-order valence-electron chi connectivity index (χ3n) is 1.99. The van der Waals surface area contributed by atoms with Gasteiger partial charge < -0.3 is 0 Å². The molecule has 0 spiro atoms. The molecule has 0 aliphatic heterocycles. The Morgan fingerprint density at radius 3 is 2.56 bits per heavy atom. The Morgan fingerprint density at radius 1 is 1.44 bits per heavy atom. The van der Waals surface area contributed by atoms with Crippen LogP contribution in [0.15, 0.2) is 17.2 Å². The molecule has 0 aromatic carbocycles. The SMILES string of the molecule is CCC(C)Sc1cc(C(F)(F)F)cc(Cl)n1. The van der Waals surface area contributed by atoms with Crippen LogP contribution in [0.25, 0.3) is 0 Å². The van der Waals surface area contributed by atoms with E-state index in [2.05, 4.69) is 4.98 Å². The van der Waals surface area contributed by atoms with Gasteiger partial charge in [-0.15, -0.1) is 11.8 Å². The predicted octanol–water partition coefficient (Wildman–Crippen LogP) is 4.64. The molecule has 0 saturated carbocycles. The van der Waals surface area contributed by atoms with Gasteiger partial charge in [0.2, 0.25) is 0 Å². The molecule has 1 atom stereocenters. The van der Waals surface area contributed by atoms with Crippen LogP contribution in [0.4, 0.5) is 13.2 Å². The molecular formula is C10H11ClF3NS. The summed E-state index contributed by atoms with van der Waals surface area (Å²) in [4.78, 5) is 3.86. The fraction of sp³-hybridized carbons (Fsp3) is 0.500. The van der Waals surface area contributed by atoms with Crippen molar-refractivity contribution in [2.45, 2.75) is 36.7 Å². The lowest BCUT2D eigenvalue weighted by Crippen LogP contribution is -2.06. The molecule has 1 aromatic rings. The van der Waals surface area contributed by atoms with Crippen molar-refractivity contribution < 1.29 is 13.2 Å². The Labute approximate surface area is 101 Å². The molecule has 90 valence electrons. The molecule has 0 amide bonds. The van der Waals surface area contributed by atoms with Crippen molar-refractivity contribution >= 4 is 23.4 Å². The Bertz CT molecular complexity index is 368. The highest BCUT2D eigenvalue weighted by molar-refractivity contribution is 7.99. The number of hydrogen-bond acceptors (Lipinski definition) is 2. The zero-order chi connectivity index (χ0) is 12.3. The average molecular weight is 270 g/mol. The lowest BCUT2D eigenvalue weighted by Gasteiger charge is -2.11. The first-order valence-corrected chi connectivity index (χ1v) is 6.00. The van der Waals surface area contributed by atoms with Crippen molar-refractivity contribution in [3.8, 4) is 0 Å². The monoisotopic (exact) mass is 269 g/mol. The quantitative estimate of drug-likeness (QED) is 0.585. The molecule has 1 heterocycles. The molecule has 1 rings (SSSR count). The third kappa shape index (κ3) is 3.87. The van der Waals surface area contributed by atoms with Crippen LogP contribution in [0.1, 0.15) is 25.8 Å². The van der Waals surface area contributed by atoms with Gasteiger partial charge in [-0.1, -0.05) is 25.4 Å². The molecule has 0 radical (unpaired) electrons. The van der Waals surface area contributed by atoms with Gasteiger partial charge in [-0.25, -0.2) is 4.98 Å². The minimum atomic E-state index is -4.38. The van der Waals surface area contributed by atoms with Gasteiger partial charge >= 0.3 is 6.18 Å². The maximum atomic E-state index is 12.5. The van der Waals surface area contributed by atoms with Gasteiger partial charge in [0.1, 0.15) is 5.15 Å². The summed E-state index contributed by atoms with van der Waals surface area (Å²) in [5.41, 5.74) is -0.752. The van der Waals surface area contributed by atoms with Crippen LogP contribution >= 0.6 is 23.4 Å². The molecule has 0 N–H and O–H groups in total. The first kappa shape index (κ1) is 13.6. The van der Waals surface area contributed by atoms with Crippen molar-refractivity contribution in [3.05, 3.63) is 22.8 Å². The average Bonchev–Trinajstić information content (AvgIpc) is 2.15. The number of pyridine rings is 1. The molecule has 0 bridgehead atoms. The van der Waals surface area contributed by atoms with Crippen LogP contribution < -0.4 is 0 Å². The lowest BCUT2D eigenvalue weighted by molar-refractivity contribution is -0.137. The summed E-state index contributed by atoms with van der Waals surface area (Å²) in [6, 6.07) is 1.87. The maximum absolute atomic E-state index is 12.5. The smallest absolute Gasteiger partial charge is 0.230 e. The number of nitrogens with zero attached hydrogens (tertiary/aromatic N) is 1. The summed E-state index contributed by atoms with van der Waals surface area (Å²) in [5.74, 6) is 0. The number of alkyl halides is 3. The second-order valence-corrected chi connectivity index (χ2v) is 5.20. The molecule has 16 heavy (non-hydrogen) atoms. The second-order valence-electron chi connectivity index (χ2n) is 3.35. The van der Waals surface area contributed by atoms with Gasteiger partial charge in [0.25, 0.3) is 0 Å². The first-order valence-electron chi connectivity index (χ1n) is 4.74. The molecule has 6 heteroatoms. The summed E-state index contributed by atoms with van der Waals surface area (Å²) in [7, 11) is 0. The maximum Gasteiger partial charge on any atom is 0.416 e. The summed E-state index contributed by atoms with van der Waals surface area (Å²) in [5, 5.41) is 0.404. The van der Waals surface area contributed by atoms with Crippen molar-refractivity contribution in [1.29, 1.82) is 0 Å². The molecule has 1 nitrogen and oxygen atoms in total. The lowest BCUT2D eigenvalue weighted by atomic mass is 10.3. The van der Waals surface area contributed by atoms with Crippen LogP contribution in [0.3, 0.4) is 0 Å².